The van der Waals surface area contributed by atoms with Crippen LogP contribution in [0.3, 0.4) is 0 Å². The highest BCUT2D eigenvalue weighted by atomic mass is 16.5. The summed E-state index contributed by atoms with van der Waals surface area (Å²) in [6.07, 6.45) is 0. The van der Waals surface area contributed by atoms with Gasteiger partial charge in [0.2, 0.25) is 0 Å². The van der Waals surface area contributed by atoms with Crippen LogP contribution in [0, 0.1) is 0 Å². The molecule has 78 valence electrons. The monoisotopic (exact) mass is 204 g/mol. The lowest BCUT2D eigenvalue weighted by Gasteiger charge is -1.97. The first-order valence-electron chi connectivity index (χ1n) is 4.83. The largest absolute Gasteiger partial charge is 0.461 e. The van der Waals surface area contributed by atoms with Gasteiger partial charge in [0.25, 0.3) is 0 Å². The van der Waals surface area contributed by atoms with Gasteiger partial charge in [0.15, 0.2) is 5.69 Å². The van der Waals surface area contributed by atoms with Crippen LogP contribution in [0.1, 0.15) is 17.4 Å². The highest BCUT2D eigenvalue weighted by Crippen LogP contribution is 2.17. The van der Waals surface area contributed by atoms with E-state index in [1.807, 2.05) is 31.3 Å². The second-order valence-corrected chi connectivity index (χ2v) is 3.21. The average molecular weight is 204 g/mol. The Bertz CT molecular complexity index is 502. The first kappa shape index (κ1) is 9.71. The lowest BCUT2D eigenvalue weighted by Crippen LogP contribution is -2.06. The fourth-order valence-electron chi connectivity index (χ4n) is 1.56. The van der Waals surface area contributed by atoms with Crippen molar-refractivity contribution in [1.82, 2.24) is 9.78 Å². The van der Waals surface area contributed by atoms with E-state index in [0.29, 0.717) is 12.3 Å². The number of aromatic nitrogens is 2. The van der Waals surface area contributed by atoms with Crippen LogP contribution in [0.5, 0.6) is 0 Å². The number of carbonyl (C=O) groups is 1. The molecule has 0 unspecified atom stereocenters. The fourth-order valence-corrected chi connectivity index (χ4v) is 1.56. The molecule has 0 aliphatic rings. The van der Waals surface area contributed by atoms with Gasteiger partial charge in [-0.15, -0.1) is 0 Å². The molecule has 0 radical (unpaired) electrons. The molecule has 1 aromatic heterocycles. The molecule has 15 heavy (non-hydrogen) atoms. The maximum atomic E-state index is 11.6. The van der Waals surface area contributed by atoms with Crippen molar-refractivity contribution in [2.45, 2.75) is 6.92 Å². The van der Waals surface area contributed by atoms with Crippen LogP contribution in [0.4, 0.5) is 0 Å². The number of hydrogen-bond acceptors (Lipinski definition) is 3. The minimum Gasteiger partial charge on any atom is -0.461 e. The predicted octanol–water partition coefficient (Wildman–Crippen LogP) is 1.75. The Hall–Kier alpha value is -1.84. The zero-order valence-electron chi connectivity index (χ0n) is 8.73. The van der Waals surface area contributed by atoms with Crippen molar-refractivity contribution in [3.63, 3.8) is 0 Å². The van der Waals surface area contributed by atoms with Gasteiger partial charge in [-0.3, -0.25) is 4.68 Å². The molecule has 4 heteroatoms. The maximum Gasteiger partial charge on any atom is 0.359 e. The molecule has 2 rings (SSSR count). The van der Waals surface area contributed by atoms with Gasteiger partial charge in [-0.2, -0.15) is 5.10 Å². The third kappa shape index (κ3) is 1.58. The van der Waals surface area contributed by atoms with Gasteiger partial charge in [0.1, 0.15) is 0 Å². The Morgan fingerprint density at radius 2 is 2.20 bits per heavy atom. The Kier molecular flexibility index (Phi) is 2.41. The number of hydrogen-bond donors (Lipinski definition) is 0. The lowest BCUT2D eigenvalue weighted by atomic mass is 10.2. The minimum atomic E-state index is -0.366. The van der Waals surface area contributed by atoms with Crippen molar-refractivity contribution in [2.75, 3.05) is 6.61 Å². The Morgan fingerprint density at radius 3 is 2.93 bits per heavy atom. The van der Waals surface area contributed by atoms with Crippen LogP contribution in [-0.4, -0.2) is 22.4 Å². The number of carbonyl (C=O) groups excluding carboxylic acids is 1. The number of esters is 1. The molecular formula is C11H12N2O2. The van der Waals surface area contributed by atoms with Crippen LogP contribution < -0.4 is 0 Å². The summed E-state index contributed by atoms with van der Waals surface area (Å²) in [5, 5.41) is 4.98. The number of fused-ring (bicyclic) bond motifs is 1. The number of aryl methyl sites for hydroxylation is 1. The van der Waals surface area contributed by atoms with E-state index in [9.17, 15) is 4.79 Å². The quantitative estimate of drug-likeness (QED) is 0.700. The summed E-state index contributed by atoms with van der Waals surface area (Å²) >= 11 is 0. The first-order chi connectivity index (χ1) is 7.24. The molecule has 0 spiro atoms. The normalized spacial score (nSPS) is 10.5. The van der Waals surface area contributed by atoms with E-state index in [2.05, 4.69) is 5.10 Å². The van der Waals surface area contributed by atoms with Crippen LogP contribution in [0.15, 0.2) is 24.3 Å². The highest BCUT2D eigenvalue weighted by molar-refractivity contribution is 6.02. The van der Waals surface area contributed by atoms with E-state index in [-0.39, 0.29) is 5.97 Å². The smallest absolute Gasteiger partial charge is 0.359 e. The van der Waals surface area contributed by atoms with E-state index >= 15 is 0 Å². The summed E-state index contributed by atoms with van der Waals surface area (Å²) in [4.78, 5) is 11.6. The Labute approximate surface area is 87.5 Å². The van der Waals surface area contributed by atoms with E-state index in [4.69, 9.17) is 4.74 Å². The molecule has 0 aliphatic carbocycles. The van der Waals surface area contributed by atoms with Crippen LogP contribution in [0.2, 0.25) is 0 Å². The highest BCUT2D eigenvalue weighted by Gasteiger charge is 2.15. The minimum absolute atomic E-state index is 0.365. The average Bonchev–Trinajstić information content (AvgIpc) is 2.58. The predicted molar refractivity (Wildman–Crippen MR) is 56.7 cm³/mol. The molecule has 1 heterocycles. The molecule has 0 amide bonds. The zero-order valence-corrected chi connectivity index (χ0v) is 8.73. The van der Waals surface area contributed by atoms with Crippen molar-refractivity contribution in [1.29, 1.82) is 0 Å². The van der Waals surface area contributed by atoms with Crippen LogP contribution >= 0.6 is 0 Å². The topological polar surface area (TPSA) is 44.1 Å². The summed E-state index contributed by atoms with van der Waals surface area (Å²) in [7, 11) is 1.81. The van der Waals surface area contributed by atoms with E-state index in [0.717, 1.165) is 10.9 Å². The Balaban J connectivity index is 2.57. The summed E-state index contributed by atoms with van der Waals surface area (Å²) in [5.74, 6) is -0.366. The molecular weight excluding hydrogens is 192 g/mol. The number of rotatable bonds is 2. The Morgan fingerprint density at radius 1 is 1.47 bits per heavy atom. The van der Waals surface area contributed by atoms with Gasteiger partial charge in [-0.25, -0.2) is 4.79 Å². The van der Waals surface area contributed by atoms with E-state index in [1.54, 1.807) is 11.6 Å². The molecule has 0 fully saturated rings. The van der Waals surface area contributed by atoms with Crippen molar-refractivity contribution in [3.05, 3.63) is 30.0 Å². The zero-order chi connectivity index (χ0) is 10.8. The van der Waals surface area contributed by atoms with Gasteiger partial charge >= 0.3 is 5.97 Å². The second-order valence-electron chi connectivity index (χ2n) is 3.21. The van der Waals surface area contributed by atoms with Gasteiger partial charge in [-0.1, -0.05) is 18.2 Å². The van der Waals surface area contributed by atoms with E-state index < -0.39 is 0 Å². The van der Waals surface area contributed by atoms with Crippen molar-refractivity contribution >= 4 is 16.9 Å². The van der Waals surface area contributed by atoms with Gasteiger partial charge in [-0.05, 0) is 13.0 Å². The number of ether oxygens (including phenoxy) is 1. The number of para-hydroxylation sites is 1. The molecule has 0 aliphatic heterocycles. The van der Waals surface area contributed by atoms with Crippen LogP contribution in [0.25, 0.3) is 10.9 Å². The molecule has 1 aromatic carbocycles. The number of nitrogens with zero attached hydrogens (tertiary/aromatic N) is 2. The van der Waals surface area contributed by atoms with Gasteiger partial charge in [0, 0.05) is 12.4 Å². The molecule has 0 atom stereocenters. The van der Waals surface area contributed by atoms with Crippen molar-refractivity contribution in [3.8, 4) is 0 Å². The maximum absolute atomic E-state index is 11.6. The first-order valence-corrected chi connectivity index (χ1v) is 4.83. The second kappa shape index (κ2) is 3.73. The van der Waals surface area contributed by atoms with E-state index in [1.165, 1.54) is 0 Å². The standard InChI is InChI=1S/C11H12N2O2/c1-3-15-11(14)10-8-6-4-5-7-9(8)13(2)12-10/h4-7H,3H2,1-2H3. The lowest BCUT2D eigenvalue weighted by molar-refractivity contribution is 0.0521. The van der Waals surface area contributed by atoms with Crippen molar-refractivity contribution in [2.24, 2.45) is 7.05 Å². The number of benzene rings is 1. The molecule has 4 nitrogen and oxygen atoms in total. The molecule has 0 saturated heterocycles. The summed E-state index contributed by atoms with van der Waals surface area (Å²) < 4.78 is 6.62. The van der Waals surface area contributed by atoms with Crippen molar-refractivity contribution < 1.29 is 9.53 Å². The SMILES string of the molecule is CCOC(=O)c1nn(C)c2ccccc12. The summed E-state index contributed by atoms with van der Waals surface area (Å²) in [6.45, 7) is 2.15. The van der Waals surface area contributed by atoms with Crippen LogP contribution in [-0.2, 0) is 11.8 Å². The fraction of sp³-hybridized carbons (Fsp3) is 0.273. The van der Waals surface area contributed by atoms with Gasteiger partial charge in [0.05, 0.1) is 12.1 Å². The molecule has 0 saturated carbocycles. The summed E-state index contributed by atoms with van der Waals surface area (Å²) in [6, 6.07) is 7.59. The molecule has 0 N–H and O–H groups in total. The van der Waals surface area contributed by atoms with Gasteiger partial charge < -0.3 is 4.74 Å². The molecule has 2 aromatic rings. The summed E-state index contributed by atoms with van der Waals surface area (Å²) in [5.41, 5.74) is 1.32. The third-order valence-corrected chi connectivity index (χ3v) is 2.23. The third-order valence-electron chi connectivity index (χ3n) is 2.23. The molecule has 0 bridgehead atoms.